The first-order chi connectivity index (χ1) is 27.6. The highest BCUT2D eigenvalue weighted by atomic mass is 32.2. The van der Waals surface area contributed by atoms with Crippen LogP contribution in [0.3, 0.4) is 0 Å². The zero-order valence-electron chi connectivity index (χ0n) is 33.8. The molecule has 3 aromatic rings. The number of alkyl carbamates (subject to hydrolysis) is 1. The van der Waals surface area contributed by atoms with E-state index in [9.17, 15) is 27.6 Å². The van der Waals surface area contributed by atoms with Gasteiger partial charge in [0.2, 0.25) is 27.7 Å². The van der Waals surface area contributed by atoms with Gasteiger partial charge in [0.05, 0.1) is 22.8 Å². The maximum Gasteiger partial charge on any atom is 0.408 e. The topological polar surface area (TPSA) is 186 Å². The molecule has 3 heterocycles. The van der Waals surface area contributed by atoms with E-state index in [4.69, 9.17) is 19.4 Å². The average Bonchev–Trinajstić information content (AvgIpc) is 4.11. The second kappa shape index (κ2) is 16.3. The number of carbonyl (C=O) groups is 4. The highest BCUT2D eigenvalue weighted by Gasteiger charge is 2.62. The van der Waals surface area contributed by atoms with Gasteiger partial charge in [-0.15, -0.1) is 0 Å². The van der Waals surface area contributed by atoms with Crippen LogP contribution >= 0.6 is 0 Å². The summed E-state index contributed by atoms with van der Waals surface area (Å²) in [5, 5.41) is 5.05. The van der Waals surface area contributed by atoms with E-state index in [1.54, 1.807) is 13.8 Å². The molecule has 3 fully saturated rings. The lowest BCUT2D eigenvalue weighted by Gasteiger charge is -2.32. The number of hydrogen-bond acceptors (Lipinski definition) is 10. The molecule has 4 amide bonds. The second-order valence-corrected chi connectivity index (χ2v) is 19.0. The van der Waals surface area contributed by atoms with Crippen molar-refractivity contribution in [3.8, 4) is 17.1 Å². The first kappa shape index (κ1) is 41.1. The zero-order valence-corrected chi connectivity index (χ0v) is 34.6. The SMILES string of the molecule is CC[C@@H]1C[C@@]1(NC(=O)[C@@H]1C[C@@H]2CN1C(=O)[C@H](C(C)C)NC(=O)OC(C)(C)CCCC/C=C/c1ccc3nc(-c4ccccc4)c(nc3c1)O2)C(=O)NS(=O)(=O)C1CC1. The number of rotatable bonds is 8. The molecule has 1 aromatic heterocycles. The van der Waals surface area contributed by atoms with Gasteiger partial charge in [-0.3, -0.25) is 19.1 Å². The van der Waals surface area contributed by atoms with Gasteiger partial charge in [0, 0.05) is 12.0 Å². The minimum atomic E-state index is -3.88. The molecule has 58 heavy (non-hydrogen) atoms. The lowest BCUT2D eigenvalue weighted by atomic mass is 10.00. The summed E-state index contributed by atoms with van der Waals surface area (Å²) in [5.41, 5.74) is 1.21. The van der Waals surface area contributed by atoms with E-state index in [0.29, 0.717) is 42.4 Å². The van der Waals surface area contributed by atoms with Crippen molar-refractivity contribution in [2.75, 3.05) is 6.54 Å². The Kier molecular flexibility index (Phi) is 11.6. The lowest BCUT2D eigenvalue weighted by Crippen LogP contribution is -2.59. The summed E-state index contributed by atoms with van der Waals surface area (Å²) in [7, 11) is -3.88. The van der Waals surface area contributed by atoms with Crippen LogP contribution < -0.4 is 20.1 Å². The third-order valence-corrected chi connectivity index (χ3v) is 13.5. The number of hydrogen-bond donors (Lipinski definition) is 3. The predicted molar refractivity (Wildman–Crippen MR) is 219 cm³/mol. The fourth-order valence-electron chi connectivity index (χ4n) is 8.04. The highest BCUT2D eigenvalue weighted by molar-refractivity contribution is 7.91. The van der Waals surface area contributed by atoms with Gasteiger partial charge in [-0.2, -0.15) is 0 Å². The third kappa shape index (κ3) is 8.98. The van der Waals surface area contributed by atoms with Crippen LogP contribution in [-0.2, 0) is 29.1 Å². The molecule has 5 atom stereocenters. The summed E-state index contributed by atoms with van der Waals surface area (Å²) in [6.07, 6.45) is 7.50. The summed E-state index contributed by atoms with van der Waals surface area (Å²) in [4.78, 5) is 67.5. The first-order valence-corrected chi connectivity index (χ1v) is 22.0. The van der Waals surface area contributed by atoms with Crippen LogP contribution in [0.4, 0.5) is 4.79 Å². The molecule has 5 bridgehead atoms. The standard InChI is InChI=1S/C43H54N6O8S/c1-6-29-24-43(29,40(52)48-58(54,55)31-18-19-31)47-37(50)34-23-30-25-49(34)39(51)35(26(2)3)46-41(53)57-42(4,5)21-13-8-7-10-14-27-17-20-32-33(22-27)45-38(56-30)36(44-32)28-15-11-9-12-16-28/h9-12,14-17,20,22,26,29-31,34-35H,6-8,13,18-19,21,23-25H2,1-5H3,(H,46,53)(H,47,50)(H,48,52)/b14-10+/t29-,30-,34+,35+,43+/m1/s1. The predicted octanol–water partition coefficient (Wildman–Crippen LogP) is 5.66. The Balaban J connectivity index is 1.25. The van der Waals surface area contributed by atoms with Gasteiger partial charge >= 0.3 is 6.09 Å². The highest BCUT2D eigenvalue weighted by Crippen LogP contribution is 2.47. The minimum Gasteiger partial charge on any atom is -0.471 e. The van der Waals surface area contributed by atoms with Crippen molar-refractivity contribution in [1.29, 1.82) is 0 Å². The van der Waals surface area contributed by atoms with E-state index in [1.807, 2.05) is 75.4 Å². The van der Waals surface area contributed by atoms with Gasteiger partial charge in [0.15, 0.2) is 0 Å². The summed E-state index contributed by atoms with van der Waals surface area (Å²) in [6.45, 7) is 9.08. The molecule has 2 saturated carbocycles. The van der Waals surface area contributed by atoms with Crippen LogP contribution in [0.5, 0.6) is 5.88 Å². The smallest absolute Gasteiger partial charge is 0.408 e. The number of ether oxygens (including phenoxy) is 2. The number of carbonyl (C=O) groups excluding carboxylic acids is 4. The van der Waals surface area contributed by atoms with Crippen molar-refractivity contribution in [3.63, 3.8) is 0 Å². The van der Waals surface area contributed by atoms with E-state index in [0.717, 1.165) is 30.4 Å². The number of sulfonamides is 1. The van der Waals surface area contributed by atoms with Crippen LogP contribution in [0.15, 0.2) is 54.6 Å². The number of cyclic esters (lactones) is 1. The van der Waals surface area contributed by atoms with Gasteiger partial charge in [-0.25, -0.2) is 23.2 Å². The number of allylic oxidation sites excluding steroid dienone is 1. The first-order valence-electron chi connectivity index (χ1n) is 20.5. The van der Waals surface area contributed by atoms with Crippen molar-refractivity contribution in [1.82, 2.24) is 30.2 Å². The Morgan fingerprint density at radius 3 is 2.48 bits per heavy atom. The molecule has 2 aliphatic carbocycles. The van der Waals surface area contributed by atoms with Crippen LogP contribution in [0.1, 0.15) is 98.0 Å². The van der Waals surface area contributed by atoms with Gasteiger partial charge in [0.1, 0.15) is 35.0 Å². The van der Waals surface area contributed by atoms with Crippen LogP contribution in [-0.4, -0.2) is 88.2 Å². The number of nitrogens with one attached hydrogen (secondary N) is 3. The van der Waals surface area contributed by atoms with Crippen molar-refractivity contribution in [2.24, 2.45) is 11.8 Å². The van der Waals surface area contributed by atoms with Crippen molar-refractivity contribution in [2.45, 2.75) is 127 Å². The summed E-state index contributed by atoms with van der Waals surface area (Å²) in [5.74, 6) is -2.40. The number of fused-ring (bicyclic) bond motifs is 4. The normalized spacial score (nSPS) is 27.0. The molecule has 1 saturated heterocycles. The second-order valence-electron chi connectivity index (χ2n) is 17.1. The van der Waals surface area contributed by atoms with E-state index < -0.39 is 74.3 Å². The third-order valence-electron chi connectivity index (χ3n) is 11.7. The summed E-state index contributed by atoms with van der Waals surface area (Å²) < 4.78 is 40.4. The minimum absolute atomic E-state index is 0.0193. The maximum absolute atomic E-state index is 14.7. The van der Waals surface area contributed by atoms with E-state index in [2.05, 4.69) is 21.4 Å². The summed E-state index contributed by atoms with van der Waals surface area (Å²) >= 11 is 0. The number of nitrogens with zero attached hydrogens (tertiary/aromatic N) is 3. The van der Waals surface area contributed by atoms with Gasteiger partial charge < -0.3 is 25.0 Å². The quantitative estimate of drug-likeness (QED) is 0.257. The van der Waals surface area contributed by atoms with E-state index >= 15 is 0 Å². The maximum atomic E-state index is 14.7. The van der Waals surface area contributed by atoms with Crippen LogP contribution in [0.2, 0.25) is 0 Å². The average molecular weight is 815 g/mol. The Hall–Kier alpha value is -5.05. The van der Waals surface area contributed by atoms with Crippen LogP contribution in [0.25, 0.3) is 28.4 Å². The molecule has 14 nitrogen and oxygen atoms in total. The lowest BCUT2D eigenvalue weighted by molar-refractivity contribution is -0.142. The molecular weight excluding hydrogens is 761 g/mol. The van der Waals surface area contributed by atoms with Crippen molar-refractivity contribution >= 4 is 50.9 Å². The Morgan fingerprint density at radius 1 is 1.03 bits per heavy atom. The Bertz CT molecular complexity index is 2210. The monoisotopic (exact) mass is 814 g/mol. The molecule has 3 N–H and O–H groups in total. The number of benzene rings is 2. The molecule has 4 aliphatic rings. The fraction of sp³-hybridized carbons (Fsp3) is 0.535. The van der Waals surface area contributed by atoms with Gasteiger partial charge in [0.25, 0.3) is 5.91 Å². The van der Waals surface area contributed by atoms with E-state index in [-0.39, 0.29) is 31.2 Å². The molecule has 2 aromatic carbocycles. The Labute approximate surface area is 340 Å². The van der Waals surface area contributed by atoms with Crippen molar-refractivity contribution in [3.05, 3.63) is 60.2 Å². The fourth-order valence-corrected chi connectivity index (χ4v) is 9.40. The molecule has 0 unspecified atom stereocenters. The van der Waals surface area contributed by atoms with E-state index in [1.165, 1.54) is 4.90 Å². The largest absolute Gasteiger partial charge is 0.471 e. The van der Waals surface area contributed by atoms with Gasteiger partial charge in [-0.05, 0) is 88.3 Å². The number of amides is 4. The molecule has 0 radical (unpaired) electrons. The van der Waals surface area contributed by atoms with Gasteiger partial charge in [-0.1, -0.05) is 75.7 Å². The molecule has 2 aliphatic heterocycles. The van der Waals surface area contributed by atoms with Crippen LogP contribution in [0, 0.1) is 11.8 Å². The Morgan fingerprint density at radius 2 is 1.79 bits per heavy atom. The molecule has 0 spiro atoms. The molecule has 7 rings (SSSR count). The zero-order chi connectivity index (χ0) is 41.4. The molecule has 15 heteroatoms. The molecular formula is C43H54N6O8S. The van der Waals surface area contributed by atoms with Crippen molar-refractivity contribution < 1.29 is 37.1 Å². The molecule has 310 valence electrons. The number of aromatic nitrogens is 2. The summed E-state index contributed by atoms with van der Waals surface area (Å²) in [6, 6.07) is 13.1.